The maximum Gasteiger partial charge on any atom is 0.256 e. The minimum atomic E-state index is -0.847. The van der Waals surface area contributed by atoms with Crippen LogP contribution in [0.2, 0.25) is 0 Å². The highest BCUT2D eigenvalue weighted by atomic mass is 19.1. The summed E-state index contributed by atoms with van der Waals surface area (Å²) in [5.41, 5.74) is 0.725. The second kappa shape index (κ2) is 6.32. The first kappa shape index (κ1) is 15.4. The number of aromatic nitrogens is 1. The van der Waals surface area contributed by atoms with E-state index in [2.05, 4.69) is 4.98 Å². The predicted octanol–water partition coefficient (Wildman–Crippen LogP) is 2.96. The Kier molecular flexibility index (Phi) is 4.23. The number of carbonyl (C=O) groups is 1. The molecular weight excluding hydrogens is 302 g/mol. The quantitative estimate of drug-likeness (QED) is 0.874. The van der Waals surface area contributed by atoms with Crippen LogP contribution >= 0.6 is 0 Å². The van der Waals surface area contributed by atoms with Gasteiger partial charge in [0.25, 0.3) is 5.91 Å². The van der Waals surface area contributed by atoms with Gasteiger partial charge >= 0.3 is 0 Å². The van der Waals surface area contributed by atoms with E-state index in [1.807, 2.05) is 19.1 Å². The topological polar surface area (TPSA) is 42.4 Å². The first-order valence-electron chi connectivity index (χ1n) is 7.37. The zero-order chi connectivity index (χ0) is 16.4. The summed E-state index contributed by atoms with van der Waals surface area (Å²) in [5.74, 6) is -1.49. The molecule has 2 aromatic rings. The van der Waals surface area contributed by atoms with Crippen molar-refractivity contribution < 1.29 is 18.3 Å². The van der Waals surface area contributed by atoms with Gasteiger partial charge in [-0.15, -0.1) is 0 Å². The highest BCUT2D eigenvalue weighted by Crippen LogP contribution is 2.20. The molecule has 1 amide bonds. The highest BCUT2D eigenvalue weighted by Gasteiger charge is 2.29. The van der Waals surface area contributed by atoms with Gasteiger partial charge in [-0.1, -0.05) is 6.07 Å². The number of ether oxygens (including phenoxy) is 1. The monoisotopic (exact) mass is 318 g/mol. The van der Waals surface area contributed by atoms with Crippen LogP contribution in [0.4, 0.5) is 8.78 Å². The molecule has 0 radical (unpaired) electrons. The summed E-state index contributed by atoms with van der Waals surface area (Å²) in [7, 11) is 0. The highest BCUT2D eigenvalue weighted by molar-refractivity contribution is 5.94. The van der Waals surface area contributed by atoms with Crippen molar-refractivity contribution in [1.82, 2.24) is 9.88 Å². The minimum absolute atomic E-state index is 0.124. The van der Waals surface area contributed by atoms with Gasteiger partial charge < -0.3 is 9.64 Å². The molecule has 1 aromatic carbocycles. The van der Waals surface area contributed by atoms with Gasteiger partial charge in [-0.05, 0) is 25.1 Å². The van der Waals surface area contributed by atoms with Crippen LogP contribution in [0.3, 0.4) is 0 Å². The maximum atomic E-state index is 13.7. The van der Waals surface area contributed by atoms with Gasteiger partial charge in [0.1, 0.15) is 17.7 Å². The Hall–Kier alpha value is -2.50. The largest absolute Gasteiger partial charge is 0.472 e. The van der Waals surface area contributed by atoms with Gasteiger partial charge in [-0.25, -0.2) is 13.8 Å². The van der Waals surface area contributed by atoms with Crippen LogP contribution in [0.25, 0.3) is 0 Å². The van der Waals surface area contributed by atoms with Crippen molar-refractivity contribution >= 4 is 5.91 Å². The first-order chi connectivity index (χ1) is 11.0. The average molecular weight is 318 g/mol. The van der Waals surface area contributed by atoms with Crippen LogP contribution in [0, 0.1) is 18.6 Å². The van der Waals surface area contributed by atoms with E-state index < -0.39 is 17.5 Å². The van der Waals surface area contributed by atoms with E-state index in [1.165, 1.54) is 11.0 Å². The van der Waals surface area contributed by atoms with Gasteiger partial charge in [-0.2, -0.15) is 0 Å². The number of benzene rings is 1. The molecule has 120 valence electrons. The third-order valence-corrected chi connectivity index (χ3v) is 3.74. The predicted molar refractivity (Wildman–Crippen MR) is 80.3 cm³/mol. The van der Waals surface area contributed by atoms with Crippen LogP contribution in [0.1, 0.15) is 22.5 Å². The molecule has 2 heterocycles. The van der Waals surface area contributed by atoms with Crippen LogP contribution in [0.5, 0.6) is 5.88 Å². The summed E-state index contributed by atoms with van der Waals surface area (Å²) < 4.78 is 32.4. The number of halogens is 2. The smallest absolute Gasteiger partial charge is 0.256 e. The molecule has 1 aromatic heterocycles. The summed E-state index contributed by atoms with van der Waals surface area (Å²) in [6.45, 7) is 2.69. The van der Waals surface area contributed by atoms with Crippen molar-refractivity contribution in [1.29, 1.82) is 0 Å². The van der Waals surface area contributed by atoms with Crippen LogP contribution in [-0.2, 0) is 0 Å². The minimum Gasteiger partial charge on any atom is -0.472 e. The number of amides is 1. The molecule has 1 saturated heterocycles. The van der Waals surface area contributed by atoms with Gasteiger partial charge in [0.2, 0.25) is 5.88 Å². The second-order valence-corrected chi connectivity index (χ2v) is 5.52. The first-order valence-corrected chi connectivity index (χ1v) is 7.37. The van der Waals surface area contributed by atoms with Crippen molar-refractivity contribution in [2.45, 2.75) is 19.4 Å². The lowest BCUT2D eigenvalue weighted by atomic mass is 10.2. The van der Waals surface area contributed by atoms with E-state index in [4.69, 9.17) is 4.74 Å². The van der Waals surface area contributed by atoms with E-state index in [1.54, 1.807) is 6.07 Å². The molecule has 3 rings (SSSR count). The van der Waals surface area contributed by atoms with Crippen LogP contribution in [0.15, 0.2) is 36.4 Å². The lowest BCUT2D eigenvalue weighted by Crippen LogP contribution is -2.31. The van der Waals surface area contributed by atoms with Crippen molar-refractivity contribution in [3.05, 3.63) is 59.3 Å². The molecule has 6 heteroatoms. The molecule has 1 unspecified atom stereocenters. The summed E-state index contributed by atoms with van der Waals surface area (Å²) in [4.78, 5) is 18.1. The molecule has 1 fully saturated rings. The number of hydrogen-bond acceptors (Lipinski definition) is 3. The molecule has 1 aliphatic heterocycles. The molecule has 0 spiro atoms. The van der Waals surface area contributed by atoms with Crippen LogP contribution in [-0.4, -0.2) is 35.0 Å². The molecule has 0 bridgehead atoms. The van der Waals surface area contributed by atoms with E-state index in [0.29, 0.717) is 31.5 Å². The second-order valence-electron chi connectivity index (χ2n) is 5.52. The fourth-order valence-electron chi connectivity index (χ4n) is 2.60. The Balaban J connectivity index is 1.66. The number of nitrogens with zero attached hydrogens (tertiary/aromatic N) is 2. The number of likely N-dealkylation sites (tertiary alicyclic amines) is 1. The molecular formula is C17H16F2N2O2. The Morgan fingerprint density at radius 2 is 2.13 bits per heavy atom. The number of hydrogen-bond donors (Lipinski definition) is 0. The molecule has 0 saturated carbocycles. The van der Waals surface area contributed by atoms with E-state index >= 15 is 0 Å². The SMILES string of the molecule is Cc1cccc(OC2CCN(C(=O)c3ccc(F)cc3F)C2)n1. The van der Waals surface area contributed by atoms with Gasteiger partial charge in [0.15, 0.2) is 0 Å². The third kappa shape index (κ3) is 3.47. The van der Waals surface area contributed by atoms with E-state index in [-0.39, 0.29) is 11.7 Å². The summed E-state index contributed by atoms with van der Waals surface area (Å²) in [6, 6.07) is 8.45. The van der Waals surface area contributed by atoms with Crippen molar-refractivity contribution in [2.24, 2.45) is 0 Å². The summed E-state index contributed by atoms with van der Waals surface area (Å²) >= 11 is 0. The Bertz CT molecular complexity index is 736. The molecule has 4 nitrogen and oxygen atoms in total. The number of rotatable bonds is 3. The molecule has 23 heavy (non-hydrogen) atoms. The average Bonchev–Trinajstić information content (AvgIpc) is 2.95. The number of aryl methyl sites for hydroxylation is 1. The number of pyridine rings is 1. The third-order valence-electron chi connectivity index (χ3n) is 3.74. The van der Waals surface area contributed by atoms with Gasteiger partial charge in [0.05, 0.1) is 12.1 Å². The van der Waals surface area contributed by atoms with E-state index in [9.17, 15) is 13.6 Å². The summed E-state index contributed by atoms with van der Waals surface area (Å²) in [5, 5.41) is 0. The summed E-state index contributed by atoms with van der Waals surface area (Å²) in [6.07, 6.45) is 0.459. The van der Waals surface area contributed by atoms with E-state index in [0.717, 1.165) is 11.8 Å². The molecule has 1 atom stereocenters. The maximum absolute atomic E-state index is 13.7. The van der Waals surface area contributed by atoms with Crippen molar-refractivity contribution in [3.63, 3.8) is 0 Å². The zero-order valence-corrected chi connectivity index (χ0v) is 12.6. The fraction of sp³-hybridized carbons (Fsp3) is 0.294. The molecule has 0 aliphatic carbocycles. The Morgan fingerprint density at radius 3 is 2.87 bits per heavy atom. The standard InChI is InChI=1S/C17H16F2N2O2/c1-11-3-2-4-16(20-11)23-13-7-8-21(10-13)17(22)14-6-5-12(18)9-15(14)19/h2-6,9,13H,7-8,10H2,1H3. The van der Waals surface area contributed by atoms with Gasteiger partial charge in [-0.3, -0.25) is 4.79 Å². The zero-order valence-electron chi connectivity index (χ0n) is 12.6. The fourth-order valence-corrected chi connectivity index (χ4v) is 2.60. The Morgan fingerprint density at radius 1 is 1.30 bits per heavy atom. The Labute approximate surface area is 132 Å². The van der Waals surface area contributed by atoms with Gasteiger partial charge in [0, 0.05) is 30.8 Å². The molecule has 1 aliphatic rings. The normalized spacial score (nSPS) is 17.3. The lowest BCUT2D eigenvalue weighted by Gasteiger charge is -2.17. The van der Waals surface area contributed by atoms with Crippen LogP contribution < -0.4 is 4.74 Å². The number of carbonyl (C=O) groups excluding carboxylic acids is 1. The van der Waals surface area contributed by atoms with Crippen molar-refractivity contribution in [3.8, 4) is 5.88 Å². The molecule has 0 N–H and O–H groups in total. The van der Waals surface area contributed by atoms with Crippen molar-refractivity contribution in [2.75, 3.05) is 13.1 Å². The lowest BCUT2D eigenvalue weighted by molar-refractivity contribution is 0.0766.